The van der Waals surface area contributed by atoms with Gasteiger partial charge in [0.05, 0.1) is 17.8 Å². The smallest absolute Gasteiger partial charge is 0.335 e. The lowest BCUT2D eigenvalue weighted by atomic mass is 10.1. The molecule has 7 nitrogen and oxygen atoms in total. The normalized spacial score (nSPS) is 15.5. The minimum atomic E-state index is -0.868. The lowest BCUT2D eigenvalue weighted by molar-refractivity contribution is -0.122. The Morgan fingerprint density at radius 1 is 1.03 bits per heavy atom. The van der Waals surface area contributed by atoms with E-state index in [1.165, 1.54) is 31.4 Å². The highest BCUT2D eigenvalue weighted by atomic mass is 35.5. The minimum Gasteiger partial charge on any atom is -0.495 e. The largest absolute Gasteiger partial charge is 0.495 e. The summed E-state index contributed by atoms with van der Waals surface area (Å²) in [5, 5.41) is 2.38. The Balaban J connectivity index is 1.68. The van der Waals surface area contributed by atoms with E-state index < -0.39 is 17.8 Å². The number of halogens is 1. The second kappa shape index (κ2) is 7.88. The lowest BCUT2D eigenvalue weighted by Gasteiger charge is -2.26. The monoisotopic (exact) mass is 422 g/mol. The molecule has 4 rings (SSSR count). The molecular formula is C22H15ClN2O5. The summed E-state index contributed by atoms with van der Waals surface area (Å²) in [6, 6.07) is 16.3. The van der Waals surface area contributed by atoms with Crippen LogP contribution in [0.4, 0.5) is 10.5 Å². The van der Waals surface area contributed by atoms with Gasteiger partial charge in [-0.2, -0.15) is 0 Å². The van der Waals surface area contributed by atoms with Crippen molar-refractivity contribution in [2.45, 2.75) is 0 Å². The predicted molar refractivity (Wildman–Crippen MR) is 111 cm³/mol. The van der Waals surface area contributed by atoms with Gasteiger partial charge in [-0.15, -0.1) is 0 Å². The summed E-state index contributed by atoms with van der Waals surface area (Å²) in [6.45, 7) is 0. The summed E-state index contributed by atoms with van der Waals surface area (Å²) in [5.74, 6) is -0.322. The van der Waals surface area contributed by atoms with E-state index in [1.807, 2.05) is 30.3 Å². The number of urea groups is 1. The van der Waals surface area contributed by atoms with Gasteiger partial charge < -0.3 is 9.15 Å². The number of carbonyl (C=O) groups excluding carboxylic acids is 3. The first kappa shape index (κ1) is 19.5. The second-order valence-electron chi connectivity index (χ2n) is 6.34. The van der Waals surface area contributed by atoms with E-state index in [-0.39, 0.29) is 16.3 Å². The zero-order valence-corrected chi connectivity index (χ0v) is 16.5. The van der Waals surface area contributed by atoms with Crippen LogP contribution in [0.2, 0.25) is 5.02 Å². The standard InChI is InChI=1S/C22H15ClN2O5/c1-29-19-9-7-14(11-17(19)23)25-21(27)16(20(26)24-22(25)28)12-15-8-10-18(30-15)13-5-3-2-4-6-13/h2-12H,1H3,(H,24,26,28)/b16-12+. The molecule has 30 heavy (non-hydrogen) atoms. The van der Waals surface area contributed by atoms with Crippen LogP contribution < -0.4 is 15.0 Å². The van der Waals surface area contributed by atoms with E-state index in [0.717, 1.165) is 10.5 Å². The number of ether oxygens (including phenoxy) is 1. The average Bonchev–Trinajstić information content (AvgIpc) is 3.20. The molecule has 1 fully saturated rings. The van der Waals surface area contributed by atoms with Crippen molar-refractivity contribution in [3.05, 3.63) is 77.0 Å². The topological polar surface area (TPSA) is 88.8 Å². The summed E-state index contributed by atoms with van der Waals surface area (Å²) in [6.07, 6.45) is 1.30. The molecule has 150 valence electrons. The molecule has 1 saturated heterocycles. The number of furan rings is 1. The highest BCUT2D eigenvalue weighted by Gasteiger charge is 2.37. The third kappa shape index (κ3) is 3.58. The zero-order valence-electron chi connectivity index (χ0n) is 15.7. The molecule has 1 aliphatic heterocycles. The molecule has 1 N–H and O–H groups in total. The molecule has 1 aliphatic rings. The Morgan fingerprint density at radius 3 is 2.50 bits per heavy atom. The number of rotatable bonds is 4. The van der Waals surface area contributed by atoms with Crippen molar-refractivity contribution in [2.75, 3.05) is 12.0 Å². The molecule has 0 bridgehead atoms. The Labute approximate surface area is 176 Å². The SMILES string of the molecule is COc1ccc(N2C(=O)NC(=O)/C(=C\c3ccc(-c4ccccc4)o3)C2=O)cc1Cl. The van der Waals surface area contributed by atoms with Crippen LogP contribution >= 0.6 is 11.6 Å². The highest BCUT2D eigenvalue weighted by Crippen LogP contribution is 2.31. The molecule has 0 unspecified atom stereocenters. The summed E-state index contributed by atoms with van der Waals surface area (Å²) in [5.41, 5.74) is 0.813. The molecule has 1 aromatic heterocycles. The first-order chi connectivity index (χ1) is 14.5. The first-order valence-electron chi connectivity index (χ1n) is 8.88. The lowest BCUT2D eigenvalue weighted by Crippen LogP contribution is -2.54. The van der Waals surface area contributed by atoms with Crippen LogP contribution in [0, 0.1) is 0 Å². The van der Waals surface area contributed by atoms with E-state index in [1.54, 1.807) is 12.1 Å². The molecule has 0 radical (unpaired) electrons. The maximum atomic E-state index is 13.0. The number of hydrogen-bond acceptors (Lipinski definition) is 5. The Bertz CT molecular complexity index is 1180. The van der Waals surface area contributed by atoms with Gasteiger partial charge in [0.15, 0.2) is 0 Å². The van der Waals surface area contributed by atoms with E-state index in [2.05, 4.69) is 5.32 Å². The van der Waals surface area contributed by atoms with Gasteiger partial charge in [0.2, 0.25) is 0 Å². The summed E-state index contributed by atoms with van der Waals surface area (Å²) >= 11 is 6.11. The van der Waals surface area contributed by atoms with Gasteiger partial charge in [0, 0.05) is 5.56 Å². The van der Waals surface area contributed by atoms with Crippen molar-refractivity contribution >= 4 is 41.2 Å². The Morgan fingerprint density at radius 2 is 1.80 bits per heavy atom. The Kier molecular flexibility index (Phi) is 5.12. The minimum absolute atomic E-state index is 0.200. The van der Waals surface area contributed by atoms with Crippen LogP contribution in [0.5, 0.6) is 5.75 Å². The first-order valence-corrected chi connectivity index (χ1v) is 9.26. The molecule has 8 heteroatoms. The summed E-state index contributed by atoms with van der Waals surface area (Å²) in [4.78, 5) is 38.4. The number of benzene rings is 2. The molecule has 0 atom stereocenters. The fraction of sp³-hybridized carbons (Fsp3) is 0.0455. The van der Waals surface area contributed by atoms with Gasteiger partial charge in [-0.3, -0.25) is 14.9 Å². The van der Waals surface area contributed by atoms with Crippen LogP contribution in [0.3, 0.4) is 0 Å². The van der Waals surface area contributed by atoms with E-state index >= 15 is 0 Å². The van der Waals surface area contributed by atoms with E-state index in [4.69, 9.17) is 20.8 Å². The van der Waals surface area contributed by atoms with Crippen molar-refractivity contribution in [2.24, 2.45) is 0 Å². The molecular weight excluding hydrogens is 408 g/mol. The average molecular weight is 423 g/mol. The van der Waals surface area contributed by atoms with Crippen LogP contribution in [-0.4, -0.2) is 25.0 Å². The van der Waals surface area contributed by atoms with Crippen molar-refractivity contribution in [3.63, 3.8) is 0 Å². The number of barbiturate groups is 1. The second-order valence-corrected chi connectivity index (χ2v) is 6.75. The highest BCUT2D eigenvalue weighted by molar-refractivity contribution is 6.39. The number of imide groups is 2. The van der Waals surface area contributed by atoms with Crippen molar-refractivity contribution in [1.82, 2.24) is 5.32 Å². The van der Waals surface area contributed by atoms with Crippen LogP contribution in [0.15, 0.2) is 70.7 Å². The van der Waals surface area contributed by atoms with E-state index in [9.17, 15) is 14.4 Å². The van der Waals surface area contributed by atoms with Crippen LogP contribution in [0.25, 0.3) is 17.4 Å². The molecule has 0 spiro atoms. The van der Waals surface area contributed by atoms with Gasteiger partial charge in [-0.05, 0) is 36.4 Å². The number of hydrogen-bond donors (Lipinski definition) is 1. The van der Waals surface area contributed by atoms with Crippen LogP contribution in [-0.2, 0) is 9.59 Å². The van der Waals surface area contributed by atoms with Gasteiger partial charge >= 0.3 is 6.03 Å². The third-order valence-electron chi connectivity index (χ3n) is 4.47. The molecule has 4 amide bonds. The van der Waals surface area contributed by atoms with Gasteiger partial charge in [-0.25, -0.2) is 9.69 Å². The predicted octanol–water partition coefficient (Wildman–Crippen LogP) is 4.28. The molecule has 3 aromatic rings. The third-order valence-corrected chi connectivity index (χ3v) is 4.76. The summed E-state index contributed by atoms with van der Waals surface area (Å²) < 4.78 is 10.8. The van der Waals surface area contributed by atoms with E-state index in [0.29, 0.717) is 17.3 Å². The fourth-order valence-electron chi connectivity index (χ4n) is 3.02. The van der Waals surface area contributed by atoms with Gasteiger partial charge in [-0.1, -0.05) is 41.9 Å². The zero-order chi connectivity index (χ0) is 21.3. The van der Waals surface area contributed by atoms with Crippen molar-refractivity contribution in [3.8, 4) is 17.1 Å². The maximum absolute atomic E-state index is 13.0. The number of carbonyl (C=O) groups is 3. The number of amides is 4. The summed E-state index contributed by atoms with van der Waals surface area (Å²) in [7, 11) is 1.45. The number of methoxy groups -OCH3 is 1. The number of nitrogens with one attached hydrogen (secondary N) is 1. The van der Waals surface area contributed by atoms with Gasteiger partial charge in [0.1, 0.15) is 22.8 Å². The molecule has 2 aromatic carbocycles. The maximum Gasteiger partial charge on any atom is 0.335 e. The number of nitrogens with zero attached hydrogens (tertiary/aromatic N) is 1. The quantitative estimate of drug-likeness (QED) is 0.501. The Hall–Kier alpha value is -3.84. The molecule has 0 aliphatic carbocycles. The molecule has 0 saturated carbocycles. The van der Waals surface area contributed by atoms with Crippen LogP contribution in [0.1, 0.15) is 5.76 Å². The molecule has 2 heterocycles. The van der Waals surface area contributed by atoms with Crippen molar-refractivity contribution < 1.29 is 23.5 Å². The fourth-order valence-corrected chi connectivity index (χ4v) is 3.27. The van der Waals surface area contributed by atoms with Crippen molar-refractivity contribution in [1.29, 1.82) is 0 Å². The number of anilines is 1. The van der Waals surface area contributed by atoms with Gasteiger partial charge in [0.25, 0.3) is 11.8 Å².